The van der Waals surface area contributed by atoms with E-state index in [1.807, 2.05) is 0 Å². The van der Waals surface area contributed by atoms with Crippen LogP contribution in [0.25, 0.3) is 0 Å². The summed E-state index contributed by atoms with van der Waals surface area (Å²) in [5, 5.41) is 3.18. The summed E-state index contributed by atoms with van der Waals surface area (Å²) in [5.41, 5.74) is 0.353. The first-order valence-corrected chi connectivity index (χ1v) is 13.6. The number of piperidine rings is 1. The Morgan fingerprint density at radius 3 is 2.38 bits per heavy atom. The van der Waals surface area contributed by atoms with E-state index >= 15 is 0 Å². The van der Waals surface area contributed by atoms with Crippen LogP contribution >= 0.6 is 11.6 Å². The minimum atomic E-state index is -3.74. The molecule has 1 aliphatic heterocycles. The molecule has 1 heterocycles. The summed E-state index contributed by atoms with van der Waals surface area (Å²) in [6.45, 7) is 0.382. The van der Waals surface area contributed by atoms with Gasteiger partial charge in [0.1, 0.15) is 0 Å². The zero-order valence-corrected chi connectivity index (χ0v) is 19.6. The number of sulfonamides is 2. The SMILES string of the molecule is O=C(Nc1cccc(S(=O)(=O)NC2CC2)c1)C1CCCN(S(=O)(=O)c2ccc(Cl)cc2)C1. The van der Waals surface area contributed by atoms with Crippen LogP contribution in [-0.2, 0) is 24.8 Å². The number of rotatable bonds is 7. The van der Waals surface area contributed by atoms with Gasteiger partial charge in [0.05, 0.1) is 15.7 Å². The Morgan fingerprint density at radius 2 is 1.69 bits per heavy atom. The summed E-state index contributed by atoms with van der Waals surface area (Å²) >= 11 is 5.85. The van der Waals surface area contributed by atoms with Crippen molar-refractivity contribution < 1.29 is 21.6 Å². The maximum absolute atomic E-state index is 13.0. The lowest BCUT2D eigenvalue weighted by Gasteiger charge is -2.31. The van der Waals surface area contributed by atoms with Crippen LogP contribution in [0, 0.1) is 5.92 Å². The largest absolute Gasteiger partial charge is 0.326 e. The molecule has 1 atom stereocenters. The summed E-state index contributed by atoms with van der Waals surface area (Å²) in [4.78, 5) is 13.1. The first-order valence-electron chi connectivity index (χ1n) is 10.3. The van der Waals surface area contributed by atoms with E-state index in [2.05, 4.69) is 10.0 Å². The normalized spacial score (nSPS) is 20.1. The molecule has 11 heteroatoms. The van der Waals surface area contributed by atoms with Crippen LogP contribution in [0.4, 0.5) is 5.69 Å². The van der Waals surface area contributed by atoms with E-state index in [9.17, 15) is 21.6 Å². The van der Waals surface area contributed by atoms with Crippen LogP contribution in [0.3, 0.4) is 0 Å². The molecule has 1 saturated carbocycles. The maximum Gasteiger partial charge on any atom is 0.243 e. The number of halogens is 1. The molecule has 172 valence electrons. The molecule has 1 aliphatic carbocycles. The highest BCUT2D eigenvalue weighted by atomic mass is 35.5. The third-order valence-corrected chi connectivity index (χ3v) is 9.17. The van der Waals surface area contributed by atoms with Crippen molar-refractivity contribution in [2.45, 2.75) is 41.5 Å². The molecular formula is C21H24ClN3O5S2. The molecule has 1 saturated heterocycles. The molecule has 2 aromatic carbocycles. The van der Waals surface area contributed by atoms with Gasteiger partial charge in [-0.15, -0.1) is 0 Å². The van der Waals surface area contributed by atoms with Crippen LogP contribution in [-0.4, -0.2) is 46.2 Å². The van der Waals surface area contributed by atoms with Gasteiger partial charge in [-0.25, -0.2) is 21.6 Å². The third kappa shape index (κ3) is 5.32. The number of carbonyl (C=O) groups is 1. The highest BCUT2D eigenvalue weighted by Crippen LogP contribution is 2.27. The average Bonchev–Trinajstić information content (AvgIpc) is 3.58. The number of hydrogen-bond donors (Lipinski definition) is 2. The van der Waals surface area contributed by atoms with E-state index in [4.69, 9.17) is 11.6 Å². The van der Waals surface area contributed by atoms with Gasteiger partial charge in [-0.3, -0.25) is 4.79 Å². The van der Waals surface area contributed by atoms with E-state index in [1.54, 1.807) is 12.1 Å². The zero-order chi connectivity index (χ0) is 22.9. The summed E-state index contributed by atoms with van der Waals surface area (Å²) in [6, 6.07) is 12.0. The monoisotopic (exact) mass is 497 g/mol. The molecule has 32 heavy (non-hydrogen) atoms. The van der Waals surface area contributed by atoms with Gasteiger partial charge in [-0.2, -0.15) is 4.31 Å². The van der Waals surface area contributed by atoms with Crippen molar-refractivity contribution in [1.82, 2.24) is 9.03 Å². The highest BCUT2D eigenvalue weighted by Gasteiger charge is 2.33. The minimum absolute atomic E-state index is 0.0194. The summed E-state index contributed by atoms with van der Waals surface area (Å²) in [7, 11) is -7.38. The minimum Gasteiger partial charge on any atom is -0.326 e. The Kier molecular flexibility index (Phi) is 6.60. The number of nitrogens with one attached hydrogen (secondary N) is 2. The van der Waals surface area contributed by atoms with Crippen molar-refractivity contribution in [2.24, 2.45) is 5.92 Å². The van der Waals surface area contributed by atoms with Crippen LogP contribution in [0.2, 0.25) is 5.02 Å². The number of nitrogens with zero attached hydrogens (tertiary/aromatic N) is 1. The number of benzene rings is 2. The third-order valence-electron chi connectivity index (χ3n) is 5.52. The Morgan fingerprint density at radius 1 is 0.969 bits per heavy atom. The fraction of sp³-hybridized carbons (Fsp3) is 0.381. The fourth-order valence-electron chi connectivity index (χ4n) is 3.60. The van der Waals surface area contributed by atoms with Crippen LogP contribution in [0.1, 0.15) is 25.7 Å². The smallest absolute Gasteiger partial charge is 0.243 e. The van der Waals surface area contributed by atoms with E-state index in [0.29, 0.717) is 30.1 Å². The van der Waals surface area contributed by atoms with Crippen molar-refractivity contribution in [3.8, 4) is 0 Å². The number of carbonyl (C=O) groups excluding carboxylic acids is 1. The quantitative estimate of drug-likeness (QED) is 0.610. The molecule has 1 unspecified atom stereocenters. The second-order valence-corrected chi connectivity index (χ2v) is 12.2. The second kappa shape index (κ2) is 9.11. The van der Waals surface area contributed by atoms with Gasteiger partial charge in [-0.1, -0.05) is 17.7 Å². The Hall–Kier alpha value is -1.98. The summed E-state index contributed by atoms with van der Waals surface area (Å²) in [6.07, 6.45) is 2.74. The Balaban J connectivity index is 1.45. The van der Waals surface area contributed by atoms with E-state index in [1.165, 1.54) is 40.7 Å². The van der Waals surface area contributed by atoms with E-state index < -0.39 is 26.0 Å². The maximum atomic E-state index is 13.0. The molecule has 0 aromatic heterocycles. The topological polar surface area (TPSA) is 113 Å². The number of amides is 1. The fourth-order valence-corrected chi connectivity index (χ4v) is 6.60. The Bertz CT molecular complexity index is 1210. The predicted octanol–water partition coefficient (Wildman–Crippen LogP) is 2.82. The van der Waals surface area contributed by atoms with Gasteiger partial charge in [0.15, 0.2) is 0 Å². The molecule has 0 bridgehead atoms. The van der Waals surface area contributed by atoms with Crippen molar-refractivity contribution in [3.63, 3.8) is 0 Å². The van der Waals surface area contributed by atoms with Crippen LogP contribution in [0.15, 0.2) is 58.3 Å². The molecule has 0 spiro atoms. The molecular weight excluding hydrogens is 474 g/mol. The van der Waals surface area contributed by atoms with Gasteiger partial charge in [0.25, 0.3) is 0 Å². The molecule has 8 nitrogen and oxygen atoms in total. The summed E-state index contributed by atoms with van der Waals surface area (Å²) in [5.74, 6) is -0.888. The van der Waals surface area contributed by atoms with Gasteiger partial charge < -0.3 is 5.32 Å². The average molecular weight is 498 g/mol. The lowest BCUT2D eigenvalue weighted by molar-refractivity contribution is -0.120. The van der Waals surface area contributed by atoms with Gasteiger partial charge in [0, 0.05) is 29.8 Å². The lowest BCUT2D eigenvalue weighted by Crippen LogP contribution is -2.43. The number of hydrogen-bond acceptors (Lipinski definition) is 5. The molecule has 2 aromatic rings. The van der Waals surface area contributed by atoms with Crippen LogP contribution in [0.5, 0.6) is 0 Å². The second-order valence-electron chi connectivity index (χ2n) is 8.07. The highest BCUT2D eigenvalue weighted by molar-refractivity contribution is 7.89. The molecule has 4 rings (SSSR count). The predicted molar refractivity (Wildman–Crippen MR) is 121 cm³/mol. The van der Waals surface area contributed by atoms with Gasteiger partial charge in [-0.05, 0) is 68.1 Å². The molecule has 0 radical (unpaired) electrons. The van der Waals surface area contributed by atoms with Crippen molar-refractivity contribution >= 4 is 43.2 Å². The number of anilines is 1. The van der Waals surface area contributed by atoms with E-state index in [-0.39, 0.29) is 28.3 Å². The van der Waals surface area contributed by atoms with Crippen LogP contribution < -0.4 is 10.0 Å². The van der Waals surface area contributed by atoms with Gasteiger partial charge in [0.2, 0.25) is 26.0 Å². The zero-order valence-electron chi connectivity index (χ0n) is 17.2. The van der Waals surface area contributed by atoms with Crippen molar-refractivity contribution in [3.05, 3.63) is 53.6 Å². The standard InChI is InChI=1S/C21H24ClN3O5S2/c22-16-6-10-19(11-7-16)32(29,30)25-12-2-3-15(14-25)21(26)23-18-4-1-5-20(13-18)31(27,28)24-17-8-9-17/h1,4-7,10-11,13,15,17,24H,2-3,8-9,12,14H2,(H,23,26). The molecule has 2 aliphatic rings. The molecule has 2 fully saturated rings. The molecule has 2 N–H and O–H groups in total. The first-order chi connectivity index (χ1) is 15.1. The first kappa shape index (κ1) is 23.2. The van der Waals surface area contributed by atoms with E-state index in [0.717, 1.165) is 12.8 Å². The molecule has 1 amide bonds. The lowest BCUT2D eigenvalue weighted by atomic mass is 9.99. The van der Waals surface area contributed by atoms with Crippen molar-refractivity contribution in [2.75, 3.05) is 18.4 Å². The summed E-state index contributed by atoms with van der Waals surface area (Å²) < 4.78 is 54.7. The van der Waals surface area contributed by atoms with Crippen molar-refractivity contribution in [1.29, 1.82) is 0 Å². The Labute approximate surface area is 193 Å². The van der Waals surface area contributed by atoms with Gasteiger partial charge >= 0.3 is 0 Å².